The Morgan fingerprint density at radius 1 is 1.38 bits per heavy atom. The van der Waals surface area contributed by atoms with Gasteiger partial charge in [0.25, 0.3) is 0 Å². The monoisotopic (exact) mass is 370 g/mol. The van der Waals surface area contributed by atoms with Crippen LogP contribution in [0.1, 0.15) is 36.8 Å². The molecule has 5 heteroatoms. The standard InChI is InChI=1S/C21H26N2O2S/c1-2-25-20(24)21(11-6-10-18-8-4-3-5-9-18)12-7-14-23(17-21)16-19-22-13-15-26-19/h3-6,8-10,13,15H,2,7,11-12,14,16-17H2,1H3/b10-6+. The van der Waals surface area contributed by atoms with E-state index in [0.29, 0.717) is 13.0 Å². The molecule has 3 rings (SSSR count). The van der Waals surface area contributed by atoms with Crippen LogP contribution in [-0.4, -0.2) is 35.5 Å². The zero-order valence-electron chi connectivity index (χ0n) is 15.3. The van der Waals surface area contributed by atoms with Gasteiger partial charge < -0.3 is 4.74 Å². The van der Waals surface area contributed by atoms with Gasteiger partial charge in [0.1, 0.15) is 5.01 Å². The number of ether oxygens (including phenoxy) is 1. The van der Waals surface area contributed by atoms with E-state index >= 15 is 0 Å². The fourth-order valence-electron chi connectivity index (χ4n) is 3.57. The number of benzene rings is 1. The van der Waals surface area contributed by atoms with E-state index in [9.17, 15) is 4.79 Å². The SMILES string of the molecule is CCOC(=O)C1(C/C=C/c2ccccc2)CCCN(Cc2nccs2)C1. The molecule has 1 aromatic heterocycles. The van der Waals surface area contributed by atoms with E-state index in [2.05, 4.69) is 34.2 Å². The van der Waals surface area contributed by atoms with E-state index < -0.39 is 5.41 Å². The summed E-state index contributed by atoms with van der Waals surface area (Å²) in [5.74, 6) is -0.0680. The van der Waals surface area contributed by atoms with Crippen LogP contribution in [0.15, 0.2) is 48.0 Å². The lowest BCUT2D eigenvalue weighted by Crippen LogP contribution is -2.48. The molecule has 1 unspecified atom stereocenters. The van der Waals surface area contributed by atoms with Crippen molar-refractivity contribution in [3.05, 3.63) is 58.6 Å². The van der Waals surface area contributed by atoms with Crippen LogP contribution in [0.25, 0.3) is 6.08 Å². The van der Waals surface area contributed by atoms with Crippen molar-refractivity contribution < 1.29 is 9.53 Å². The molecule has 1 aliphatic heterocycles. The van der Waals surface area contributed by atoms with Gasteiger partial charge in [-0.1, -0.05) is 42.5 Å². The van der Waals surface area contributed by atoms with Crippen molar-refractivity contribution in [2.45, 2.75) is 32.7 Å². The lowest BCUT2D eigenvalue weighted by Gasteiger charge is -2.40. The molecular weight excluding hydrogens is 344 g/mol. The maximum Gasteiger partial charge on any atom is 0.313 e. The summed E-state index contributed by atoms with van der Waals surface area (Å²) in [6, 6.07) is 10.2. The van der Waals surface area contributed by atoms with Crippen LogP contribution in [0.4, 0.5) is 0 Å². The second-order valence-corrected chi connectivity index (χ2v) is 7.74. The van der Waals surface area contributed by atoms with Crippen LogP contribution >= 0.6 is 11.3 Å². The van der Waals surface area contributed by atoms with Crippen LogP contribution in [0.2, 0.25) is 0 Å². The first-order valence-electron chi connectivity index (χ1n) is 9.21. The van der Waals surface area contributed by atoms with Crippen molar-refractivity contribution in [1.82, 2.24) is 9.88 Å². The Morgan fingerprint density at radius 2 is 2.23 bits per heavy atom. The number of esters is 1. The number of hydrogen-bond donors (Lipinski definition) is 0. The summed E-state index contributed by atoms with van der Waals surface area (Å²) in [5, 5.41) is 3.10. The van der Waals surface area contributed by atoms with E-state index in [0.717, 1.165) is 43.0 Å². The van der Waals surface area contributed by atoms with E-state index in [4.69, 9.17) is 4.74 Å². The zero-order chi connectivity index (χ0) is 18.2. The van der Waals surface area contributed by atoms with E-state index in [1.807, 2.05) is 36.7 Å². The minimum absolute atomic E-state index is 0.0680. The molecule has 1 atom stereocenters. The summed E-state index contributed by atoms with van der Waals surface area (Å²) < 4.78 is 5.46. The van der Waals surface area contributed by atoms with Crippen LogP contribution in [0.5, 0.6) is 0 Å². The fraction of sp³-hybridized carbons (Fsp3) is 0.429. The highest BCUT2D eigenvalue weighted by Gasteiger charge is 2.42. The number of piperidine rings is 1. The van der Waals surface area contributed by atoms with Crippen molar-refractivity contribution in [2.24, 2.45) is 5.41 Å². The summed E-state index contributed by atoms with van der Waals surface area (Å²) in [7, 11) is 0. The molecule has 0 N–H and O–H groups in total. The van der Waals surface area contributed by atoms with Gasteiger partial charge in [-0.2, -0.15) is 0 Å². The van der Waals surface area contributed by atoms with Gasteiger partial charge in [-0.3, -0.25) is 9.69 Å². The number of nitrogens with zero attached hydrogens (tertiary/aromatic N) is 2. The first-order chi connectivity index (χ1) is 12.7. The minimum Gasteiger partial charge on any atom is -0.466 e. The molecule has 138 valence electrons. The second-order valence-electron chi connectivity index (χ2n) is 6.76. The Hall–Kier alpha value is -1.98. The molecule has 1 aromatic carbocycles. The fourth-order valence-corrected chi connectivity index (χ4v) is 4.23. The van der Waals surface area contributed by atoms with Crippen molar-refractivity contribution >= 4 is 23.4 Å². The van der Waals surface area contributed by atoms with Crippen LogP contribution in [0.3, 0.4) is 0 Å². The maximum absolute atomic E-state index is 12.8. The van der Waals surface area contributed by atoms with Gasteiger partial charge in [-0.05, 0) is 38.3 Å². The Kier molecular flexibility index (Phi) is 6.58. The summed E-state index contributed by atoms with van der Waals surface area (Å²) in [6.45, 7) is 4.84. The number of allylic oxidation sites excluding steroid dienone is 1. The molecule has 0 bridgehead atoms. The van der Waals surface area contributed by atoms with Gasteiger partial charge in [0.2, 0.25) is 0 Å². The van der Waals surface area contributed by atoms with Gasteiger partial charge in [0.15, 0.2) is 0 Å². The number of hydrogen-bond acceptors (Lipinski definition) is 5. The van der Waals surface area contributed by atoms with Crippen LogP contribution < -0.4 is 0 Å². The number of aromatic nitrogens is 1. The molecule has 26 heavy (non-hydrogen) atoms. The molecule has 2 heterocycles. The van der Waals surface area contributed by atoms with Gasteiger partial charge in [0.05, 0.1) is 18.6 Å². The zero-order valence-corrected chi connectivity index (χ0v) is 16.1. The van der Waals surface area contributed by atoms with Crippen LogP contribution in [0, 0.1) is 5.41 Å². The normalized spacial score (nSPS) is 21.1. The molecule has 1 saturated heterocycles. The molecule has 0 saturated carbocycles. The topological polar surface area (TPSA) is 42.4 Å². The van der Waals surface area contributed by atoms with Crippen molar-refractivity contribution in [1.29, 1.82) is 0 Å². The highest BCUT2D eigenvalue weighted by atomic mass is 32.1. The summed E-state index contributed by atoms with van der Waals surface area (Å²) in [5.41, 5.74) is 0.693. The number of carbonyl (C=O) groups is 1. The smallest absolute Gasteiger partial charge is 0.313 e. The molecule has 0 spiro atoms. The molecular formula is C21H26N2O2S. The Bertz CT molecular complexity index is 715. The Labute approximate surface area is 159 Å². The quantitative estimate of drug-likeness (QED) is 0.678. The lowest BCUT2D eigenvalue weighted by atomic mass is 9.76. The first kappa shape index (κ1) is 18.8. The molecule has 0 amide bonds. The molecule has 2 aromatic rings. The number of rotatable bonds is 7. The second kappa shape index (κ2) is 9.10. The van der Waals surface area contributed by atoms with Gasteiger partial charge in [0, 0.05) is 18.1 Å². The number of likely N-dealkylation sites (tertiary alicyclic amines) is 1. The largest absolute Gasteiger partial charge is 0.466 e. The summed E-state index contributed by atoms with van der Waals surface area (Å²) in [6.07, 6.45) is 8.64. The molecule has 0 aliphatic carbocycles. The Balaban J connectivity index is 1.72. The van der Waals surface area contributed by atoms with Gasteiger partial charge in [-0.25, -0.2) is 4.98 Å². The highest BCUT2D eigenvalue weighted by Crippen LogP contribution is 2.36. The summed E-state index contributed by atoms with van der Waals surface area (Å²) >= 11 is 1.67. The maximum atomic E-state index is 12.8. The van der Waals surface area contributed by atoms with E-state index in [1.54, 1.807) is 11.3 Å². The van der Waals surface area contributed by atoms with Gasteiger partial charge >= 0.3 is 5.97 Å². The van der Waals surface area contributed by atoms with E-state index in [-0.39, 0.29) is 5.97 Å². The van der Waals surface area contributed by atoms with Crippen LogP contribution in [-0.2, 0) is 16.1 Å². The molecule has 0 radical (unpaired) electrons. The lowest BCUT2D eigenvalue weighted by molar-refractivity contribution is -0.159. The minimum atomic E-state index is -0.462. The predicted molar refractivity (Wildman–Crippen MR) is 106 cm³/mol. The highest BCUT2D eigenvalue weighted by molar-refractivity contribution is 7.09. The third-order valence-corrected chi connectivity index (χ3v) is 5.59. The van der Waals surface area contributed by atoms with E-state index in [1.165, 1.54) is 0 Å². The molecule has 4 nitrogen and oxygen atoms in total. The van der Waals surface area contributed by atoms with Crippen molar-refractivity contribution in [2.75, 3.05) is 19.7 Å². The summed E-state index contributed by atoms with van der Waals surface area (Å²) in [4.78, 5) is 19.5. The average Bonchev–Trinajstić information content (AvgIpc) is 3.16. The predicted octanol–water partition coefficient (Wildman–Crippen LogP) is 4.39. The third-order valence-electron chi connectivity index (χ3n) is 4.83. The van der Waals surface area contributed by atoms with Gasteiger partial charge in [-0.15, -0.1) is 11.3 Å². The number of carbonyl (C=O) groups excluding carboxylic acids is 1. The van der Waals surface area contributed by atoms with Crippen molar-refractivity contribution in [3.63, 3.8) is 0 Å². The average molecular weight is 371 g/mol. The molecule has 1 aliphatic rings. The number of thiazole rings is 1. The third kappa shape index (κ3) is 4.80. The Morgan fingerprint density at radius 3 is 2.96 bits per heavy atom. The van der Waals surface area contributed by atoms with Crippen molar-refractivity contribution in [3.8, 4) is 0 Å². The molecule has 1 fully saturated rings. The first-order valence-corrected chi connectivity index (χ1v) is 10.1.